The van der Waals surface area contributed by atoms with Gasteiger partial charge in [-0.25, -0.2) is 12.8 Å². The van der Waals surface area contributed by atoms with Gasteiger partial charge in [0.05, 0.1) is 17.0 Å². The molecule has 2 aromatic carbocycles. The Hall–Kier alpha value is -2.70. The van der Waals surface area contributed by atoms with Gasteiger partial charge < -0.3 is 0 Å². The minimum atomic E-state index is -3.89. The number of benzene rings is 2. The Morgan fingerprint density at radius 3 is 2.25 bits per heavy atom. The molecule has 1 saturated carbocycles. The minimum Gasteiger partial charge on any atom is -0.223 e. The first-order chi connectivity index (χ1) is 11.4. The zero-order valence-corrected chi connectivity index (χ0v) is 13.6. The van der Waals surface area contributed by atoms with Crippen molar-refractivity contribution in [3.05, 3.63) is 65.5 Å². The zero-order valence-electron chi connectivity index (χ0n) is 12.8. The molecule has 0 aromatic heterocycles. The molecule has 0 bridgehead atoms. The van der Waals surface area contributed by atoms with Crippen molar-refractivity contribution in [1.82, 2.24) is 0 Å². The van der Waals surface area contributed by atoms with E-state index >= 15 is 0 Å². The van der Waals surface area contributed by atoms with E-state index in [-0.39, 0.29) is 4.90 Å². The average Bonchev–Trinajstić information content (AvgIpc) is 3.26. The van der Waals surface area contributed by atoms with Crippen molar-refractivity contribution in [2.24, 2.45) is 5.41 Å². The maximum Gasteiger partial charge on any atom is 0.184 e. The fourth-order valence-corrected chi connectivity index (χ4v) is 5.29. The van der Waals surface area contributed by atoms with E-state index in [0.29, 0.717) is 5.56 Å². The van der Waals surface area contributed by atoms with Gasteiger partial charge in [-0.3, -0.25) is 0 Å². The van der Waals surface area contributed by atoms with Gasteiger partial charge in [0.15, 0.2) is 15.3 Å². The number of halogens is 1. The third-order valence-corrected chi connectivity index (χ3v) is 6.64. The normalized spacial score (nSPS) is 21.5. The van der Waals surface area contributed by atoms with Crippen LogP contribution in [0.5, 0.6) is 0 Å². The molecule has 0 unspecified atom stereocenters. The van der Waals surface area contributed by atoms with Crippen LogP contribution in [0.25, 0.3) is 0 Å². The van der Waals surface area contributed by atoms with E-state index in [2.05, 4.69) is 0 Å². The summed E-state index contributed by atoms with van der Waals surface area (Å²) in [7, 11) is -3.89. The molecule has 0 saturated heterocycles. The van der Waals surface area contributed by atoms with Crippen LogP contribution in [0.2, 0.25) is 0 Å². The largest absolute Gasteiger partial charge is 0.223 e. The highest BCUT2D eigenvalue weighted by molar-refractivity contribution is 7.92. The Balaban J connectivity index is 2.11. The van der Waals surface area contributed by atoms with Gasteiger partial charge in [-0.1, -0.05) is 29.8 Å². The van der Waals surface area contributed by atoms with Crippen molar-refractivity contribution in [2.45, 2.75) is 23.0 Å². The molecule has 3 rings (SSSR count). The average molecular weight is 340 g/mol. The van der Waals surface area contributed by atoms with Crippen molar-refractivity contribution in [1.29, 1.82) is 10.5 Å². The van der Waals surface area contributed by atoms with E-state index in [9.17, 15) is 23.3 Å². The number of sulfone groups is 1. The van der Waals surface area contributed by atoms with Crippen molar-refractivity contribution < 1.29 is 12.8 Å². The molecule has 0 spiro atoms. The zero-order chi connectivity index (χ0) is 17.5. The topological polar surface area (TPSA) is 81.7 Å². The Morgan fingerprint density at radius 1 is 1.08 bits per heavy atom. The summed E-state index contributed by atoms with van der Waals surface area (Å²) in [6, 6.07) is 15.3. The molecule has 2 atom stereocenters. The highest BCUT2D eigenvalue weighted by Crippen LogP contribution is 2.63. The van der Waals surface area contributed by atoms with Crippen molar-refractivity contribution >= 4 is 9.84 Å². The summed E-state index contributed by atoms with van der Waals surface area (Å²) in [5, 5.41) is 17.7. The first kappa shape index (κ1) is 16.2. The number of aryl methyl sites for hydroxylation is 1. The van der Waals surface area contributed by atoms with Crippen LogP contribution < -0.4 is 0 Å². The standard InChI is InChI=1S/C18H13FN2O2S/c1-12-5-7-15(8-6-12)24(22,23)17-16(18(17,10-20)11-21)13-3-2-4-14(19)9-13/h2-9,16-17H,1H3/t16-,17-/m1/s1. The van der Waals surface area contributed by atoms with Gasteiger partial charge >= 0.3 is 0 Å². The summed E-state index contributed by atoms with van der Waals surface area (Å²) >= 11 is 0. The SMILES string of the molecule is Cc1ccc(S(=O)(=O)[C@@H]2[C@@H](c3cccc(F)c3)C2(C#N)C#N)cc1. The Bertz CT molecular complexity index is 971. The van der Waals surface area contributed by atoms with Crippen LogP contribution in [0, 0.1) is 40.8 Å². The van der Waals surface area contributed by atoms with Crippen LogP contribution in [0.4, 0.5) is 4.39 Å². The molecule has 0 N–H and O–H groups in total. The number of nitrogens with zero attached hydrogens (tertiary/aromatic N) is 2. The van der Waals surface area contributed by atoms with E-state index in [1.807, 2.05) is 19.1 Å². The predicted molar refractivity (Wildman–Crippen MR) is 85.0 cm³/mol. The van der Waals surface area contributed by atoms with Crippen molar-refractivity contribution in [2.75, 3.05) is 0 Å². The maximum absolute atomic E-state index is 13.5. The lowest BCUT2D eigenvalue weighted by atomic mass is 10.0. The van der Waals surface area contributed by atoms with Gasteiger partial charge in [0.1, 0.15) is 11.1 Å². The molecule has 120 valence electrons. The van der Waals surface area contributed by atoms with Crippen LogP contribution >= 0.6 is 0 Å². The first-order valence-corrected chi connectivity index (χ1v) is 8.80. The summed E-state index contributed by atoms with van der Waals surface area (Å²) in [5.74, 6) is -1.40. The van der Waals surface area contributed by atoms with Crippen LogP contribution in [-0.2, 0) is 9.84 Å². The monoisotopic (exact) mass is 340 g/mol. The molecule has 0 aliphatic heterocycles. The quantitative estimate of drug-likeness (QED) is 0.859. The third-order valence-electron chi connectivity index (χ3n) is 4.39. The summed E-state index contributed by atoms with van der Waals surface area (Å²) in [4.78, 5) is 0.0619. The van der Waals surface area contributed by atoms with Crippen LogP contribution in [0.15, 0.2) is 53.4 Å². The van der Waals surface area contributed by atoms with E-state index in [0.717, 1.165) is 5.56 Å². The lowest BCUT2D eigenvalue weighted by Gasteiger charge is -2.04. The Kier molecular flexibility index (Phi) is 3.66. The molecular formula is C18H13FN2O2S. The number of nitriles is 2. The number of hydrogen-bond donors (Lipinski definition) is 0. The van der Waals surface area contributed by atoms with Crippen molar-refractivity contribution in [3.8, 4) is 12.1 Å². The fraction of sp³-hybridized carbons (Fsp3) is 0.222. The van der Waals surface area contributed by atoms with Crippen molar-refractivity contribution in [3.63, 3.8) is 0 Å². The lowest BCUT2D eigenvalue weighted by Crippen LogP contribution is -2.14. The maximum atomic E-state index is 13.5. The second kappa shape index (κ2) is 5.43. The molecule has 0 radical (unpaired) electrons. The highest BCUT2D eigenvalue weighted by Gasteiger charge is 2.73. The van der Waals surface area contributed by atoms with Gasteiger partial charge in [-0.15, -0.1) is 0 Å². The molecule has 0 heterocycles. The number of hydrogen-bond acceptors (Lipinski definition) is 4. The lowest BCUT2D eigenvalue weighted by molar-refractivity contribution is 0.591. The second-order valence-corrected chi connectivity index (χ2v) is 7.97. The van der Waals surface area contributed by atoms with E-state index < -0.39 is 32.2 Å². The summed E-state index contributed by atoms with van der Waals surface area (Å²) in [5.41, 5.74) is -0.450. The smallest absolute Gasteiger partial charge is 0.184 e. The second-order valence-electron chi connectivity index (χ2n) is 5.90. The molecule has 24 heavy (non-hydrogen) atoms. The van der Waals surface area contributed by atoms with Crippen LogP contribution in [-0.4, -0.2) is 13.7 Å². The molecule has 6 heteroatoms. The number of rotatable bonds is 3. The highest BCUT2D eigenvalue weighted by atomic mass is 32.2. The summed E-state index contributed by atoms with van der Waals surface area (Å²) in [6.45, 7) is 1.83. The molecule has 1 fully saturated rings. The van der Waals surface area contributed by atoms with Gasteiger partial charge in [0, 0.05) is 5.92 Å². The minimum absolute atomic E-state index is 0.0619. The van der Waals surface area contributed by atoms with Gasteiger partial charge in [0.25, 0.3) is 0 Å². The van der Waals surface area contributed by atoms with Crippen LogP contribution in [0.3, 0.4) is 0 Å². The molecule has 1 aliphatic carbocycles. The van der Waals surface area contributed by atoms with E-state index in [1.165, 1.54) is 30.3 Å². The predicted octanol–water partition coefficient (Wildman–Crippen LogP) is 3.11. The molecule has 2 aromatic rings. The first-order valence-electron chi connectivity index (χ1n) is 7.25. The van der Waals surface area contributed by atoms with Gasteiger partial charge in [0.2, 0.25) is 0 Å². The summed E-state index contributed by atoms with van der Waals surface area (Å²) in [6.07, 6.45) is 0. The Labute approximate surface area is 139 Å². The van der Waals surface area contributed by atoms with E-state index in [1.54, 1.807) is 18.2 Å². The Morgan fingerprint density at radius 2 is 1.71 bits per heavy atom. The van der Waals surface area contributed by atoms with Gasteiger partial charge in [-0.05, 0) is 36.8 Å². The molecular weight excluding hydrogens is 327 g/mol. The fourth-order valence-electron chi connectivity index (χ4n) is 3.08. The van der Waals surface area contributed by atoms with E-state index in [4.69, 9.17) is 0 Å². The molecule has 0 amide bonds. The molecule has 4 nitrogen and oxygen atoms in total. The van der Waals surface area contributed by atoms with Crippen LogP contribution in [0.1, 0.15) is 17.0 Å². The third kappa shape index (κ3) is 2.28. The van der Waals surface area contributed by atoms with Gasteiger partial charge in [-0.2, -0.15) is 10.5 Å². The summed E-state index contributed by atoms with van der Waals surface area (Å²) < 4.78 is 39.3. The molecule has 1 aliphatic rings.